The van der Waals surface area contributed by atoms with Crippen LogP contribution in [0.1, 0.15) is 25.5 Å². The number of benzene rings is 1. The summed E-state index contributed by atoms with van der Waals surface area (Å²) in [6.07, 6.45) is 0. The van der Waals surface area contributed by atoms with E-state index >= 15 is 0 Å². The Bertz CT molecular complexity index is 301. The Hall–Kier alpha value is -0.540. The lowest BCUT2D eigenvalue weighted by Crippen LogP contribution is -2.13. The summed E-state index contributed by atoms with van der Waals surface area (Å²) in [5, 5.41) is 3.13. The van der Waals surface area contributed by atoms with Crippen molar-refractivity contribution < 1.29 is 4.39 Å². The van der Waals surface area contributed by atoms with Gasteiger partial charge in [-0.2, -0.15) is 0 Å². The molecule has 1 nitrogen and oxygen atoms in total. The normalized spacial score (nSPS) is 12.9. The Morgan fingerprint density at radius 1 is 1.50 bits per heavy atom. The van der Waals surface area contributed by atoms with Crippen LogP contribution in [0.4, 0.5) is 4.39 Å². The Balaban J connectivity index is 3.02. The molecular formula is C11H16FNS. The highest BCUT2D eigenvalue weighted by Gasteiger charge is 2.09. The topological polar surface area (TPSA) is 12.0 Å². The van der Waals surface area contributed by atoms with Gasteiger partial charge in [0.1, 0.15) is 5.82 Å². The van der Waals surface area contributed by atoms with Gasteiger partial charge >= 0.3 is 0 Å². The summed E-state index contributed by atoms with van der Waals surface area (Å²) in [6, 6.07) is 5.18. The van der Waals surface area contributed by atoms with E-state index in [1.54, 1.807) is 17.8 Å². The van der Waals surface area contributed by atoms with Gasteiger partial charge in [0.05, 0.1) is 0 Å². The largest absolute Gasteiger partial charge is 0.313 e. The van der Waals surface area contributed by atoms with E-state index < -0.39 is 0 Å². The molecule has 1 rings (SSSR count). The van der Waals surface area contributed by atoms with Crippen LogP contribution in [0.3, 0.4) is 0 Å². The molecule has 0 fully saturated rings. The third-order valence-corrected chi connectivity index (χ3v) is 3.14. The first kappa shape index (κ1) is 11.5. The van der Waals surface area contributed by atoms with Crippen LogP contribution in [-0.2, 0) is 0 Å². The van der Waals surface area contributed by atoms with Gasteiger partial charge in [-0.3, -0.25) is 0 Å². The second-order valence-corrected chi connectivity index (χ2v) is 4.43. The summed E-state index contributed by atoms with van der Waals surface area (Å²) in [5.41, 5.74) is 1.04. The fourth-order valence-corrected chi connectivity index (χ4v) is 2.18. The minimum Gasteiger partial charge on any atom is -0.313 e. The van der Waals surface area contributed by atoms with Crippen LogP contribution in [0, 0.1) is 5.82 Å². The molecule has 0 aromatic heterocycles. The minimum absolute atomic E-state index is 0.164. The minimum atomic E-state index is -0.164. The highest BCUT2D eigenvalue weighted by atomic mass is 32.2. The standard InChI is InChI=1S/C11H16FNS/c1-4-14-11-6-5-9(12)7-10(11)8(2)13-3/h5-8,13H,4H2,1-3H3. The van der Waals surface area contributed by atoms with Gasteiger partial charge in [-0.1, -0.05) is 6.92 Å². The fraction of sp³-hybridized carbons (Fsp3) is 0.455. The molecule has 14 heavy (non-hydrogen) atoms. The molecule has 0 amide bonds. The van der Waals surface area contributed by atoms with Gasteiger partial charge in [0.2, 0.25) is 0 Å². The molecule has 0 saturated heterocycles. The van der Waals surface area contributed by atoms with Crippen molar-refractivity contribution in [3.63, 3.8) is 0 Å². The monoisotopic (exact) mass is 213 g/mol. The van der Waals surface area contributed by atoms with E-state index in [0.29, 0.717) is 0 Å². The Morgan fingerprint density at radius 2 is 2.21 bits per heavy atom. The van der Waals surface area contributed by atoms with Gasteiger partial charge in [0, 0.05) is 10.9 Å². The van der Waals surface area contributed by atoms with Crippen molar-refractivity contribution >= 4 is 11.8 Å². The number of thioether (sulfide) groups is 1. The van der Waals surface area contributed by atoms with Crippen LogP contribution in [0.25, 0.3) is 0 Å². The predicted molar refractivity (Wildman–Crippen MR) is 60.3 cm³/mol. The quantitative estimate of drug-likeness (QED) is 0.771. The van der Waals surface area contributed by atoms with Crippen molar-refractivity contribution in [2.75, 3.05) is 12.8 Å². The molecule has 0 aliphatic rings. The molecule has 3 heteroatoms. The van der Waals surface area contributed by atoms with E-state index in [1.807, 2.05) is 20.0 Å². The first-order valence-electron chi connectivity index (χ1n) is 4.78. The number of hydrogen-bond acceptors (Lipinski definition) is 2. The summed E-state index contributed by atoms with van der Waals surface area (Å²) < 4.78 is 13.0. The number of nitrogens with one attached hydrogen (secondary N) is 1. The van der Waals surface area contributed by atoms with Gasteiger partial charge in [-0.05, 0) is 43.5 Å². The molecule has 78 valence electrons. The third-order valence-electron chi connectivity index (χ3n) is 2.17. The lowest BCUT2D eigenvalue weighted by Gasteiger charge is -2.15. The summed E-state index contributed by atoms with van der Waals surface area (Å²) in [4.78, 5) is 1.16. The lowest BCUT2D eigenvalue weighted by molar-refractivity contribution is 0.601. The van der Waals surface area contributed by atoms with Crippen molar-refractivity contribution in [1.29, 1.82) is 0 Å². The van der Waals surface area contributed by atoms with Crippen molar-refractivity contribution in [1.82, 2.24) is 5.32 Å². The highest BCUT2D eigenvalue weighted by Crippen LogP contribution is 2.27. The molecule has 0 bridgehead atoms. The van der Waals surface area contributed by atoms with Crippen LogP contribution in [0.5, 0.6) is 0 Å². The van der Waals surface area contributed by atoms with E-state index in [9.17, 15) is 4.39 Å². The maximum absolute atomic E-state index is 13.0. The second-order valence-electron chi connectivity index (χ2n) is 3.13. The molecule has 1 N–H and O–H groups in total. The summed E-state index contributed by atoms with van der Waals surface area (Å²) >= 11 is 1.75. The van der Waals surface area contributed by atoms with Gasteiger partial charge in [0.15, 0.2) is 0 Å². The lowest BCUT2D eigenvalue weighted by atomic mass is 10.1. The van der Waals surface area contributed by atoms with E-state index in [2.05, 4.69) is 12.2 Å². The first-order valence-corrected chi connectivity index (χ1v) is 5.77. The fourth-order valence-electron chi connectivity index (χ4n) is 1.30. The van der Waals surface area contributed by atoms with Gasteiger partial charge in [0.25, 0.3) is 0 Å². The summed E-state index contributed by atoms with van der Waals surface area (Å²) in [7, 11) is 1.88. The Kier molecular flexibility index (Phi) is 4.42. The molecule has 0 spiro atoms. The van der Waals surface area contributed by atoms with Crippen LogP contribution < -0.4 is 5.32 Å². The van der Waals surface area contributed by atoms with Crippen LogP contribution >= 0.6 is 11.8 Å². The zero-order valence-corrected chi connectivity index (χ0v) is 9.62. The van der Waals surface area contributed by atoms with E-state index in [1.165, 1.54) is 6.07 Å². The van der Waals surface area contributed by atoms with Crippen LogP contribution in [0.15, 0.2) is 23.1 Å². The van der Waals surface area contributed by atoms with Crippen molar-refractivity contribution in [2.45, 2.75) is 24.8 Å². The zero-order valence-electron chi connectivity index (χ0n) is 8.80. The molecule has 0 saturated carbocycles. The molecule has 1 unspecified atom stereocenters. The van der Waals surface area contributed by atoms with Crippen molar-refractivity contribution in [2.24, 2.45) is 0 Å². The van der Waals surface area contributed by atoms with Crippen molar-refractivity contribution in [3.8, 4) is 0 Å². The number of hydrogen-bond donors (Lipinski definition) is 1. The zero-order chi connectivity index (χ0) is 10.6. The smallest absolute Gasteiger partial charge is 0.123 e. The Morgan fingerprint density at radius 3 is 2.79 bits per heavy atom. The maximum Gasteiger partial charge on any atom is 0.123 e. The summed E-state index contributed by atoms with van der Waals surface area (Å²) in [5.74, 6) is 0.845. The van der Waals surface area contributed by atoms with E-state index in [-0.39, 0.29) is 11.9 Å². The van der Waals surface area contributed by atoms with Gasteiger partial charge in [-0.15, -0.1) is 11.8 Å². The average Bonchev–Trinajstić information content (AvgIpc) is 2.20. The average molecular weight is 213 g/mol. The first-order chi connectivity index (χ1) is 6.69. The van der Waals surface area contributed by atoms with E-state index in [0.717, 1.165) is 16.2 Å². The molecule has 0 heterocycles. The maximum atomic E-state index is 13.0. The van der Waals surface area contributed by atoms with Crippen LogP contribution in [0.2, 0.25) is 0 Å². The molecule has 1 aromatic carbocycles. The molecule has 0 radical (unpaired) electrons. The van der Waals surface area contributed by atoms with E-state index in [4.69, 9.17) is 0 Å². The SMILES string of the molecule is CCSc1ccc(F)cc1C(C)NC. The molecular weight excluding hydrogens is 197 g/mol. The van der Waals surface area contributed by atoms with Gasteiger partial charge < -0.3 is 5.32 Å². The Labute approximate surface area is 89.1 Å². The number of rotatable bonds is 4. The molecule has 1 aromatic rings. The second kappa shape index (κ2) is 5.37. The van der Waals surface area contributed by atoms with Crippen molar-refractivity contribution in [3.05, 3.63) is 29.6 Å². The molecule has 0 aliphatic carbocycles. The molecule has 0 aliphatic heterocycles. The molecule has 1 atom stereocenters. The van der Waals surface area contributed by atoms with Gasteiger partial charge in [-0.25, -0.2) is 4.39 Å². The van der Waals surface area contributed by atoms with Crippen LogP contribution in [-0.4, -0.2) is 12.8 Å². The number of halogens is 1. The summed E-state index contributed by atoms with van der Waals surface area (Å²) in [6.45, 7) is 4.14. The predicted octanol–water partition coefficient (Wildman–Crippen LogP) is 3.22. The highest BCUT2D eigenvalue weighted by molar-refractivity contribution is 7.99. The third kappa shape index (κ3) is 2.72.